The molecule has 0 N–H and O–H groups in total. The van der Waals surface area contributed by atoms with E-state index in [0.717, 1.165) is 44.7 Å². The third-order valence-corrected chi connectivity index (χ3v) is 19.3. The van der Waals surface area contributed by atoms with Gasteiger partial charge in [-0.3, -0.25) is 0 Å². The summed E-state index contributed by atoms with van der Waals surface area (Å²) in [7, 11) is 0. The highest BCUT2D eigenvalue weighted by molar-refractivity contribution is 7.00. The first kappa shape index (κ1) is 53.6. The normalized spacial score (nSPS) is 12.7. The largest absolute Gasteiger partial charge is 0.311 e. The molecule has 0 saturated carbocycles. The minimum absolute atomic E-state index is 0.0503. The molecule has 4 heterocycles. The van der Waals surface area contributed by atoms with E-state index >= 15 is 0 Å². The van der Waals surface area contributed by atoms with Gasteiger partial charge in [-0.1, -0.05) is 242 Å². The predicted octanol–water partition coefficient (Wildman–Crippen LogP) is 21.1. The van der Waals surface area contributed by atoms with E-state index in [2.05, 4.69) is 347 Å². The van der Waals surface area contributed by atoms with E-state index < -0.39 is 0 Å². The third-order valence-electron chi connectivity index (χ3n) is 19.3. The van der Waals surface area contributed by atoms with Crippen LogP contribution in [0.4, 0.5) is 17.1 Å². The van der Waals surface area contributed by atoms with Crippen molar-refractivity contribution in [3.63, 3.8) is 0 Å². The summed E-state index contributed by atoms with van der Waals surface area (Å²) in [5, 5.41) is 4.97. The van der Waals surface area contributed by atoms with E-state index in [9.17, 15) is 0 Å². The van der Waals surface area contributed by atoms with Crippen molar-refractivity contribution >= 4 is 83.8 Å². The fourth-order valence-corrected chi connectivity index (χ4v) is 14.8. The molecule has 15 aromatic rings. The van der Waals surface area contributed by atoms with Crippen LogP contribution in [0.2, 0.25) is 0 Å². The molecule has 0 unspecified atom stereocenters. The summed E-state index contributed by atoms with van der Waals surface area (Å²) in [4.78, 5) is 2.58. The summed E-state index contributed by atoms with van der Waals surface area (Å²) in [6.45, 7) is 14.1. The van der Waals surface area contributed by atoms with Crippen molar-refractivity contribution in [2.24, 2.45) is 0 Å². The second kappa shape index (κ2) is 20.5. The average Bonchev–Trinajstić information content (AvgIpc) is 1.26. The van der Waals surface area contributed by atoms with Crippen molar-refractivity contribution in [1.82, 2.24) is 9.13 Å². The lowest BCUT2D eigenvalue weighted by atomic mass is 9.33. The number of hydrogen-bond acceptors (Lipinski definition) is 1. The Bertz CT molecular complexity index is 5060. The zero-order valence-electron chi connectivity index (χ0n) is 51.6. The zero-order valence-corrected chi connectivity index (χ0v) is 51.6. The Labute approximate surface area is 527 Å². The first-order valence-electron chi connectivity index (χ1n) is 31.7. The van der Waals surface area contributed by atoms with Crippen molar-refractivity contribution in [3.05, 3.63) is 302 Å². The minimum Gasteiger partial charge on any atom is -0.311 e. The molecule has 2 aliphatic rings. The molecule has 17 rings (SSSR count). The summed E-state index contributed by atoms with van der Waals surface area (Å²) in [5.74, 6) is 0. The Morgan fingerprint density at radius 3 is 1.17 bits per heavy atom. The molecule has 0 spiro atoms. The molecule has 90 heavy (non-hydrogen) atoms. The van der Waals surface area contributed by atoms with Crippen LogP contribution >= 0.6 is 0 Å². The van der Waals surface area contributed by atoms with Gasteiger partial charge >= 0.3 is 0 Å². The Morgan fingerprint density at radius 1 is 0.256 bits per heavy atom. The molecule has 0 radical (unpaired) electrons. The van der Waals surface area contributed by atoms with Crippen LogP contribution < -0.4 is 21.3 Å². The summed E-state index contributed by atoms with van der Waals surface area (Å²) >= 11 is 0. The molecule has 0 saturated heterocycles. The topological polar surface area (TPSA) is 13.1 Å². The molecule has 0 atom stereocenters. The lowest BCUT2D eigenvalue weighted by Crippen LogP contribution is -2.60. The number of benzene rings is 13. The van der Waals surface area contributed by atoms with E-state index in [1.807, 2.05) is 0 Å². The predicted molar refractivity (Wildman–Crippen MR) is 384 cm³/mol. The van der Waals surface area contributed by atoms with Gasteiger partial charge in [0.25, 0.3) is 6.71 Å². The maximum absolute atomic E-state index is 2.64. The molecule has 428 valence electrons. The maximum Gasteiger partial charge on any atom is 0.252 e. The van der Waals surface area contributed by atoms with Gasteiger partial charge in [0, 0.05) is 49.8 Å². The van der Waals surface area contributed by atoms with E-state index in [4.69, 9.17) is 0 Å². The van der Waals surface area contributed by atoms with Crippen molar-refractivity contribution in [3.8, 4) is 78.1 Å². The first-order valence-corrected chi connectivity index (χ1v) is 31.7. The second-order valence-electron chi connectivity index (χ2n) is 27.0. The van der Waals surface area contributed by atoms with E-state index in [1.165, 1.54) is 122 Å². The first-order chi connectivity index (χ1) is 43.9. The summed E-state index contributed by atoms with van der Waals surface area (Å²) in [5.41, 5.74) is 31.3. The molecular weight excluding hydrogens is 1090 g/mol. The van der Waals surface area contributed by atoms with Crippen LogP contribution in [-0.2, 0) is 10.8 Å². The third kappa shape index (κ3) is 8.72. The van der Waals surface area contributed by atoms with Gasteiger partial charge in [-0.05, 0) is 196 Å². The van der Waals surface area contributed by atoms with Crippen LogP contribution in [0, 0.1) is 0 Å². The highest BCUT2D eigenvalue weighted by Gasteiger charge is 2.44. The number of hydrogen-bond donors (Lipinski definition) is 0. The molecule has 0 amide bonds. The van der Waals surface area contributed by atoms with Crippen molar-refractivity contribution in [2.45, 2.75) is 52.4 Å². The van der Waals surface area contributed by atoms with Gasteiger partial charge in [0.2, 0.25) is 0 Å². The Morgan fingerprint density at radius 2 is 0.678 bits per heavy atom. The number of nitrogens with zero attached hydrogens (tertiary/aromatic N) is 3. The highest BCUT2D eigenvalue weighted by Crippen LogP contribution is 2.47. The molecule has 0 bridgehead atoms. The minimum atomic E-state index is -0.0894. The monoisotopic (exact) mass is 1150 g/mol. The van der Waals surface area contributed by atoms with Crippen LogP contribution in [0.15, 0.2) is 291 Å². The van der Waals surface area contributed by atoms with Crippen molar-refractivity contribution < 1.29 is 0 Å². The smallest absolute Gasteiger partial charge is 0.252 e. The standard InChI is InChI=1S/C86H66BN3/c1-85(2,3)67-38-41-78-75(51-67)87-76-52-68(86(4,5)6)50-74-71-34-22-23-35-77(71)90(84(74)76)82-54-70(53-81(83(82)87)88(78)69-32-20-11-21-33-69)89-79-48-59(65-44-61(55-24-12-7-13-25-55)42-62(45-65)56-26-14-8-15-27-56)36-39-72(79)73-40-37-60(49-80(73)89)66-46-63(57-28-16-9-17-29-57)43-64(47-66)58-30-18-10-19-31-58/h7-54H,1-6H3. The van der Waals surface area contributed by atoms with E-state index in [0.29, 0.717) is 0 Å². The molecule has 13 aromatic carbocycles. The molecule has 0 aliphatic carbocycles. The number of anilines is 3. The summed E-state index contributed by atoms with van der Waals surface area (Å²) in [6, 6.07) is 110. The van der Waals surface area contributed by atoms with Gasteiger partial charge in [-0.15, -0.1) is 0 Å². The Balaban J connectivity index is 0.994. The van der Waals surface area contributed by atoms with E-state index in [-0.39, 0.29) is 17.5 Å². The van der Waals surface area contributed by atoms with Crippen LogP contribution in [0.3, 0.4) is 0 Å². The fraction of sp³-hybridized carbons (Fsp3) is 0.0930. The van der Waals surface area contributed by atoms with Gasteiger partial charge in [0.1, 0.15) is 0 Å². The fourth-order valence-electron chi connectivity index (χ4n) is 14.8. The lowest BCUT2D eigenvalue weighted by Gasteiger charge is -2.41. The maximum atomic E-state index is 2.64. The molecule has 3 nitrogen and oxygen atoms in total. The Kier molecular flexibility index (Phi) is 12.2. The average molecular weight is 1150 g/mol. The molecule has 2 aromatic heterocycles. The van der Waals surface area contributed by atoms with Crippen molar-refractivity contribution in [2.75, 3.05) is 4.90 Å². The summed E-state index contributed by atoms with van der Waals surface area (Å²) in [6.07, 6.45) is 0. The molecule has 2 aliphatic heterocycles. The summed E-state index contributed by atoms with van der Waals surface area (Å²) < 4.78 is 5.24. The molecule has 4 heteroatoms. The molecule has 0 fully saturated rings. The van der Waals surface area contributed by atoms with Crippen LogP contribution in [0.5, 0.6) is 0 Å². The highest BCUT2D eigenvalue weighted by atomic mass is 15.2. The van der Waals surface area contributed by atoms with Gasteiger partial charge in [0.05, 0.1) is 22.2 Å². The van der Waals surface area contributed by atoms with Gasteiger partial charge in [-0.2, -0.15) is 0 Å². The molecular formula is C86H66BN3. The van der Waals surface area contributed by atoms with E-state index in [1.54, 1.807) is 0 Å². The number of para-hydroxylation sites is 2. The van der Waals surface area contributed by atoms with Gasteiger partial charge in [-0.25, -0.2) is 0 Å². The van der Waals surface area contributed by atoms with Gasteiger partial charge in [0.15, 0.2) is 0 Å². The van der Waals surface area contributed by atoms with Crippen LogP contribution in [0.1, 0.15) is 52.7 Å². The SMILES string of the molecule is CC(C)(C)c1ccc2c(c1)B1c3c(cc(-n4c5cc(-c6cc(-c7ccccc7)cc(-c7ccccc7)c6)ccc5c5ccc(-c6cc(-c7ccccc7)cc(-c7ccccc7)c6)cc54)cc3-n3c4ccccc4c4cc(C(C)(C)C)cc1c43)N2c1ccccc1. The van der Waals surface area contributed by atoms with Crippen LogP contribution in [-0.4, -0.2) is 15.8 Å². The number of rotatable bonds is 8. The quantitative estimate of drug-likeness (QED) is 0.138. The van der Waals surface area contributed by atoms with Crippen LogP contribution in [0.25, 0.3) is 122 Å². The number of aromatic nitrogens is 2. The second-order valence-corrected chi connectivity index (χ2v) is 27.0. The lowest BCUT2D eigenvalue weighted by molar-refractivity contribution is 0.591. The van der Waals surface area contributed by atoms with Gasteiger partial charge < -0.3 is 14.0 Å². The number of fused-ring (bicyclic) bond motifs is 10. The van der Waals surface area contributed by atoms with Crippen molar-refractivity contribution in [1.29, 1.82) is 0 Å². The zero-order chi connectivity index (χ0) is 60.6. The Hall–Kier alpha value is -10.7.